The summed E-state index contributed by atoms with van der Waals surface area (Å²) in [7, 11) is -1.97. The maximum absolute atomic E-state index is 12.6. The van der Waals surface area contributed by atoms with Gasteiger partial charge in [-0.1, -0.05) is 25.1 Å². The molecule has 0 saturated carbocycles. The Kier molecular flexibility index (Phi) is 5.73. The highest BCUT2D eigenvalue weighted by Crippen LogP contribution is 2.25. The van der Waals surface area contributed by atoms with Gasteiger partial charge in [-0.05, 0) is 43.3 Å². The van der Waals surface area contributed by atoms with E-state index in [1.165, 1.54) is 4.31 Å². The molecule has 0 saturated heterocycles. The number of nitrogens with zero attached hydrogens (tertiary/aromatic N) is 1. The fourth-order valence-corrected chi connectivity index (χ4v) is 3.72. The smallest absolute Gasteiger partial charge is 0.243 e. The van der Waals surface area contributed by atoms with E-state index in [1.807, 2.05) is 44.2 Å². The van der Waals surface area contributed by atoms with Crippen LogP contribution < -0.4 is 4.74 Å². The average Bonchev–Trinajstić information content (AvgIpc) is 2.54. The zero-order valence-corrected chi connectivity index (χ0v) is 15.1. The highest BCUT2D eigenvalue weighted by Gasteiger charge is 2.27. The molecular weight excluding hydrogens is 330 g/mol. The van der Waals surface area contributed by atoms with E-state index >= 15 is 0 Å². The lowest BCUT2D eigenvalue weighted by atomic mass is 10.3. The van der Waals surface area contributed by atoms with Gasteiger partial charge in [-0.2, -0.15) is 16.9 Å². The van der Waals surface area contributed by atoms with Gasteiger partial charge in [-0.25, -0.2) is 8.42 Å². The second-order valence-electron chi connectivity index (χ2n) is 5.39. The minimum absolute atomic E-state index is 0.0598. The Hall–Kier alpha value is -1.50. The van der Waals surface area contributed by atoms with Crippen LogP contribution in [0.4, 0.5) is 0 Å². The van der Waals surface area contributed by atoms with Crippen LogP contribution in [-0.4, -0.2) is 31.1 Å². The standard InChI is InChI=1S/C17H21NO3S2/c1-13(14(2)22)18(3)23(19,20)17-11-9-16(10-12-17)21-15-7-5-4-6-8-15/h4-14,22H,1-3H3/t13-,14?/m1/s1. The molecule has 0 radical (unpaired) electrons. The van der Waals surface area contributed by atoms with Crippen molar-refractivity contribution in [1.29, 1.82) is 0 Å². The molecule has 6 heteroatoms. The number of benzene rings is 2. The lowest BCUT2D eigenvalue weighted by molar-refractivity contribution is 0.387. The van der Waals surface area contributed by atoms with Crippen LogP contribution in [0.15, 0.2) is 59.5 Å². The molecule has 0 aromatic heterocycles. The maximum Gasteiger partial charge on any atom is 0.243 e. The summed E-state index contributed by atoms with van der Waals surface area (Å²) in [5.74, 6) is 1.30. The van der Waals surface area contributed by atoms with Crippen LogP contribution in [0.1, 0.15) is 13.8 Å². The molecule has 0 bridgehead atoms. The highest BCUT2D eigenvalue weighted by molar-refractivity contribution is 7.89. The van der Waals surface area contributed by atoms with Gasteiger partial charge >= 0.3 is 0 Å². The Morgan fingerprint density at radius 2 is 1.48 bits per heavy atom. The molecule has 0 aliphatic rings. The van der Waals surface area contributed by atoms with Crippen LogP contribution in [0.2, 0.25) is 0 Å². The van der Waals surface area contributed by atoms with E-state index in [4.69, 9.17) is 4.74 Å². The van der Waals surface area contributed by atoms with E-state index < -0.39 is 10.0 Å². The van der Waals surface area contributed by atoms with Crippen molar-refractivity contribution in [3.63, 3.8) is 0 Å². The number of para-hydroxylation sites is 1. The van der Waals surface area contributed by atoms with Crippen LogP contribution in [-0.2, 0) is 10.0 Å². The van der Waals surface area contributed by atoms with Gasteiger partial charge in [0.25, 0.3) is 0 Å². The van der Waals surface area contributed by atoms with E-state index in [0.717, 1.165) is 0 Å². The van der Waals surface area contributed by atoms with Gasteiger partial charge in [0.05, 0.1) is 4.90 Å². The summed E-state index contributed by atoms with van der Waals surface area (Å²) in [4.78, 5) is 0.237. The van der Waals surface area contributed by atoms with E-state index in [-0.39, 0.29) is 16.2 Å². The molecule has 0 heterocycles. The van der Waals surface area contributed by atoms with Gasteiger partial charge in [0.2, 0.25) is 10.0 Å². The summed E-state index contributed by atoms with van der Waals surface area (Å²) in [6.07, 6.45) is 0. The summed E-state index contributed by atoms with van der Waals surface area (Å²) in [5, 5.41) is -0.0598. The van der Waals surface area contributed by atoms with Crippen molar-refractivity contribution in [2.45, 2.75) is 30.0 Å². The van der Waals surface area contributed by atoms with Crippen LogP contribution in [0.5, 0.6) is 11.5 Å². The fourth-order valence-electron chi connectivity index (χ4n) is 1.99. The van der Waals surface area contributed by atoms with E-state index in [1.54, 1.807) is 31.3 Å². The molecule has 2 rings (SSSR count). The summed E-state index contributed by atoms with van der Waals surface area (Å²) >= 11 is 4.32. The van der Waals surface area contributed by atoms with Crippen molar-refractivity contribution in [3.05, 3.63) is 54.6 Å². The first kappa shape index (κ1) is 17.8. The lowest BCUT2D eigenvalue weighted by Gasteiger charge is -2.26. The number of hydrogen-bond donors (Lipinski definition) is 1. The van der Waals surface area contributed by atoms with Crippen molar-refractivity contribution in [1.82, 2.24) is 4.31 Å². The van der Waals surface area contributed by atoms with Crippen molar-refractivity contribution < 1.29 is 13.2 Å². The largest absolute Gasteiger partial charge is 0.457 e. The SMILES string of the molecule is CC(S)[C@@H](C)N(C)S(=O)(=O)c1ccc(Oc2ccccc2)cc1. The number of ether oxygens (including phenoxy) is 1. The maximum atomic E-state index is 12.6. The minimum atomic E-state index is -3.54. The Bertz CT molecular complexity index is 728. The highest BCUT2D eigenvalue weighted by atomic mass is 32.2. The number of rotatable bonds is 6. The Balaban J connectivity index is 2.18. The zero-order chi connectivity index (χ0) is 17.0. The molecule has 2 atom stereocenters. The number of sulfonamides is 1. The van der Waals surface area contributed by atoms with Crippen molar-refractivity contribution in [2.75, 3.05) is 7.05 Å². The van der Waals surface area contributed by atoms with Gasteiger partial charge in [0, 0.05) is 18.3 Å². The van der Waals surface area contributed by atoms with Gasteiger partial charge in [-0.15, -0.1) is 0 Å². The summed E-state index contributed by atoms with van der Waals surface area (Å²) in [6, 6.07) is 15.6. The molecule has 1 unspecified atom stereocenters. The van der Waals surface area contributed by atoms with E-state index in [0.29, 0.717) is 11.5 Å². The van der Waals surface area contributed by atoms with Gasteiger partial charge < -0.3 is 4.74 Å². The molecular formula is C17H21NO3S2. The summed E-state index contributed by atoms with van der Waals surface area (Å²) < 4.78 is 32.2. The minimum Gasteiger partial charge on any atom is -0.457 e. The molecule has 0 aliphatic carbocycles. The topological polar surface area (TPSA) is 46.6 Å². The third-order valence-electron chi connectivity index (χ3n) is 3.75. The van der Waals surface area contributed by atoms with Crippen molar-refractivity contribution >= 4 is 22.7 Å². The van der Waals surface area contributed by atoms with Crippen LogP contribution in [0.25, 0.3) is 0 Å². The molecule has 23 heavy (non-hydrogen) atoms. The third-order valence-corrected chi connectivity index (χ3v) is 6.14. The van der Waals surface area contributed by atoms with Crippen LogP contribution in [0, 0.1) is 0 Å². The van der Waals surface area contributed by atoms with Gasteiger partial charge in [0.1, 0.15) is 11.5 Å². The second-order valence-corrected chi connectivity index (χ2v) is 8.20. The first-order valence-corrected chi connectivity index (χ1v) is 9.27. The van der Waals surface area contributed by atoms with Gasteiger partial charge in [-0.3, -0.25) is 0 Å². The molecule has 0 amide bonds. The lowest BCUT2D eigenvalue weighted by Crippen LogP contribution is -2.39. The molecule has 0 aliphatic heterocycles. The molecule has 124 valence electrons. The number of hydrogen-bond acceptors (Lipinski definition) is 4. The first-order valence-electron chi connectivity index (χ1n) is 7.31. The summed E-state index contributed by atoms with van der Waals surface area (Å²) in [6.45, 7) is 3.71. The predicted molar refractivity (Wildman–Crippen MR) is 95.8 cm³/mol. The Morgan fingerprint density at radius 1 is 0.957 bits per heavy atom. The second kappa shape index (κ2) is 7.38. The number of thiol groups is 1. The predicted octanol–water partition coefficient (Wildman–Crippen LogP) is 3.81. The molecule has 4 nitrogen and oxygen atoms in total. The molecule has 2 aromatic rings. The van der Waals surface area contributed by atoms with Gasteiger partial charge in [0.15, 0.2) is 0 Å². The summed E-state index contributed by atoms with van der Waals surface area (Å²) in [5.41, 5.74) is 0. The third kappa shape index (κ3) is 4.28. The van der Waals surface area contributed by atoms with Crippen molar-refractivity contribution in [3.8, 4) is 11.5 Å². The van der Waals surface area contributed by atoms with Crippen LogP contribution in [0.3, 0.4) is 0 Å². The van der Waals surface area contributed by atoms with E-state index in [9.17, 15) is 8.42 Å². The molecule has 2 aromatic carbocycles. The zero-order valence-electron chi connectivity index (χ0n) is 13.4. The normalized spacial score (nSPS) is 14.5. The Morgan fingerprint density at radius 3 is 2.00 bits per heavy atom. The first-order chi connectivity index (χ1) is 10.8. The molecule has 0 N–H and O–H groups in total. The van der Waals surface area contributed by atoms with Crippen molar-refractivity contribution in [2.24, 2.45) is 0 Å². The quantitative estimate of drug-likeness (QED) is 0.805. The Labute approximate surface area is 143 Å². The van der Waals surface area contributed by atoms with E-state index in [2.05, 4.69) is 12.6 Å². The monoisotopic (exact) mass is 351 g/mol. The molecule has 0 fully saturated rings. The fraction of sp³-hybridized carbons (Fsp3) is 0.294. The average molecular weight is 351 g/mol. The molecule has 0 spiro atoms. The van der Waals surface area contributed by atoms with Crippen LogP contribution >= 0.6 is 12.6 Å².